The van der Waals surface area contributed by atoms with Crippen LogP contribution in [0.4, 0.5) is 17.6 Å². The van der Waals surface area contributed by atoms with E-state index in [1.165, 1.54) is 6.07 Å². The Bertz CT molecular complexity index is 446. The minimum atomic E-state index is -4.69. The quantitative estimate of drug-likeness (QED) is 0.610. The Kier molecular flexibility index (Phi) is 6.61. The van der Waals surface area contributed by atoms with Crippen molar-refractivity contribution in [3.05, 3.63) is 35.1 Å². The summed E-state index contributed by atoms with van der Waals surface area (Å²) in [6, 6.07) is 2.76. The second-order valence-electron chi connectivity index (χ2n) is 5.18. The van der Waals surface area contributed by atoms with Crippen molar-refractivity contribution in [3.8, 4) is 0 Å². The number of nitrogens with zero attached hydrogens (tertiary/aromatic N) is 1. The molecule has 1 unspecified atom stereocenters. The van der Waals surface area contributed by atoms with Gasteiger partial charge in [0.1, 0.15) is 5.82 Å². The van der Waals surface area contributed by atoms with Crippen LogP contribution in [0.3, 0.4) is 0 Å². The van der Waals surface area contributed by atoms with Crippen LogP contribution in [0.15, 0.2) is 18.2 Å². The summed E-state index contributed by atoms with van der Waals surface area (Å²) < 4.78 is 51.6. The molecule has 1 rings (SSSR count). The first-order valence-electron chi connectivity index (χ1n) is 7.08. The molecule has 0 saturated carbocycles. The van der Waals surface area contributed by atoms with E-state index in [9.17, 15) is 17.6 Å². The third kappa shape index (κ3) is 4.97. The van der Waals surface area contributed by atoms with Gasteiger partial charge in [0.15, 0.2) is 0 Å². The van der Waals surface area contributed by atoms with Crippen LogP contribution in [0.5, 0.6) is 0 Å². The van der Waals surface area contributed by atoms with Crippen molar-refractivity contribution in [2.45, 2.75) is 38.4 Å². The van der Waals surface area contributed by atoms with Crippen LogP contribution in [-0.2, 0) is 6.18 Å². The van der Waals surface area contributed by atoms with Gasteiger partial charge >= 0.3 is 6.18 Å². The number of halogens is 4. The van der Waals surface area contributed by atoms with Gasteiger partial charge in [-0.2, -0.15) is 13.2 Å². The molecule has 0 spiro atoms. The molecule has 0 amide bonds. The summed E-state index contributed by atoms with van der Waals surface area (Å²) in [5, 5.41) is 0. The molecule has 0 bridgehead atoms. The zero-order chi connectivity index (χ0) is 16.0. The van der Waals surface area contributed by atoms with Gasteiger partial charge in [0, 0.05) is 12.6 Å². The predicted molar refractivity (Wildman–Crippen MR) is 75.4 cm³/mol. The molecule has 0 aliphatic heterocycles. The van der Waals surface area contributed by atoms with Gasteiger partial charge in [-0.15, -0.1) is 0 Å². The molecule has 0 fully saturated rings. The number of likely N-dealkylation sites (N-methyl/N-ethyl adjacent to an activating group) is 1. The van der Waals surface area contributed by atoms with Gasteiger partial charge in [-0.1, -0.05) is 25.8 Å². The average Bonchev–Trinajstić information content (AvgIpc) is 2.40. The number of benzene rings is 1. The first-order chi connectivity index (χ1) is 9.81. The smallest absolute Gasteiger partial charge is 0.329 e. The Labute approximate surface area is 122 Å². The lowest BCUT2D eigenvalue weighted by atomic mass is 10.0. The lowest BCUT2D eigenvalue weighted by Gasteiger charge is -2.28. The second-order valence-corrected chi connectivity index (χ2v) is 5.18. The Hall–Kier alpha value is -1.14. The van der Waals surface area contributed by atoms with E-state index < -0.39 is 17.6 Å². The molecule has 2 N–H and O–H groups in total. The largest absolute Gasteiger partial charge is 0.419 e. The van der Waals surface area contributed by atoms with Crippen LogP contribution in [0.25, 0.3) is 0 Å². The highest BCUT2D eigenvalue weighted by Gasteiger charge is 2.34. The van der Waals surface area contributed by atoms with E-state index in [0.717, 1.165) is 37.9 Å². The Morgan fingerprint density at radius 3 is 2.43 bits per heavy atom. The van der Waals surface area contributed by atoms with Gasteiger partial charge in [0.05, 0.1) is 5.56 Å². The lowest BCUT2D eigenvalue weighted by Crippen LogP contribution is -2.31. The molecular formula is C15H22F4N2. The van der Waals surface area contributed by atoms with Crippen molar-refractivity contribution < 1.29 is 17.6 Å². The van der Waals surface area contributed by atoms with Crippen LogP contribution < -0.4 is 5.73 Å². The first-order valence-corrected chi connectivity index (χ1v) is 7.08. The number of nitrogens with two attached hydrogens (primary N) is 1. The van der Waals surface area contributed by atoms with E-state index in [1.54, 1.807) is 0 Å². The maximum atomic E-state index is 13.3. The molecule has 0 aliphatic rings. The van der Waals surface area contributed by atoms with Crippen molar-refractivity contribution in [1.29, 1.82) is 0 Å². The van der Waals surface area contributed by atoms with Crippen molar-refractivity contribution in [1.82, 2.24) is 4.90 Å². The van der Waals surface area contributed by atoms with Gasteiger partial charge in [0.25, 0.3) is 0 Å². The van der Waals surface area contributed by atoms with Gasteiger partial charge in [-0.25, -0.2) is 4.39 Å². The summed E-state index contributed by atoms with van der Waals surface area (Å²) in [5.41, 5.74) is 4.85. The minimum Gasteiger partial charge on any atom is -0.329 e. The first kappa shape index (κ1) is 17.9. The Morgan fingerprint density at radius 2 is 1.90 bits per heavy atom. The zero-order valence-corrected chi connectivity index (χ0v) is 12.4. The third-order valence-corrected chi connectivity index (χ3v) is 3.55. The van der Waals surface area contributed by atoms with Crippen molar-refractivity contribution >= 4 is 0 Å². The summed E-state index contributed by atoms with van der Waals surface area (Å²) in [5.74, 6) is -1.25. The summed E-state index contributed by atoms with van der Waals surface area (Å²) in [6.07, 6.45) is -1.62. The van der Waals surface area contributed by atoms with Crippen LogP contribution in [0.2, 0.25) is 0 Å². The fraction of sp³-hybridized carbons (Fsp3) is 0.600. The molecular weight excluding hydrogens is 284 g/mol. The highest BCUT2D eigenvalue weighted by Crippen LogP contribution is 2.33. The topological polar surface area (TPSA) is 29.3 Å². The van der Waals surface area contributed by atoms with Gasteiger partial charge < -0.3 is 5.73 Å². The highest BCUT2D eigenvalue weighted by molar-refractivity contribution is 5.29. The molecule has 0 aromatic heterocycles. The summed E-state index contributed by atoms with van der Waals surface area (Å²) in [7, 11) is 1.82. The van der Waals surface area contributed by atoms with E-state index in [0.29, 0.717) is 5.56 Å². The maximum absolute atomic E-state index is 13.3. The highest BCUT2D eigenvalue weighted by atomic mass is 19.4. The van der Waals surface area contributed by atoms with Gasteiger partial charge in [-0.05, 0) is 37.7 Å². The molecule has 2 nitrogen and oxygen atoms in total. The molecule has 0 heterocycles. The predicted octanol–water partition coefficient (Wildman–Crippen LogP) is 3.97. The minimum absolute atomic E-state index is 0.186. The fourth-order valence-electron chi connectivity index (χ4n) is 2.30. The summed E-state index contributed by atoms with van der Waals surface area (Å²) in [4.78, 5) is 1.92. The molecule has 6 heteroatoms. The van der Waals surface area contributed by atoms with Crippen LogP contribution >= 0.6 is 0 Å². The summed E-state index contributed by atoms with van der Waals surface area (Å²) in [6.45, 7) is 3.01. The maximum Gasteiger partial charge on any atom is 0.419 e. The Balaban J connectivity index is 2.95. The number of unbranched alkanes of at least 4 members (excludes halogenated alkanes) is 2. The average molecular weight is 306 g/mol. The molecule has 1 atom stereocenters. The fourth-order valence-corrected chi connectivity index (χ4v) is 2.30. The molecule has 120 valence electrons. The van der Waals surface area contributed by atoms with Gasteiger partial charge in [0.2, 0.25) is 0 Å². The summed E-state index contributed by atoms with van der Waals surface area (Å²) >= 11 is 0. The number of hydrogen-bond donors (Lipinski definition) is 1. The van der Waals surface area contributed by atoms with Crippen molar-refractivity contribution in [2.75, 3.05) is 20.1 Å². The standard InChI is InChI=1S/C15H22F4N2/c1-3-4-5-8-21(2)14(10-20)11-6-7-13(16)12(9-11)15(17,18)19/h6-7,9,14H,3-5,8,10,20H2,1-2H3. The van der Waals surface area contributed by atoms with Crippen LogP contribution in [-0.4, -0.2) is 25.0 Å². The van der Waals surface area contributed by atoms with E-state index in [2.05, 4.69) is 6.92 Å². The van der Waals surface area contributed by atoms with E-state index in [1.807, 2.05) is 11.9 Å². The SMILES string of the molecule is CCCCCN(C)C(CN)c1ccc(F)c(C(F)(F)F)c1. The Morgan fingerprint density at radius 1 is 1.24 bits per heavy atom. The van der Waals surface area contributed by atoms with Crippen LogP contribution in [0, 0.1) is 5.82 Å². The van der Waals surface area contributed by atoms with Crippen molar-refractivity contribution in [3.63, 3.8) is 0 Å². The normalized spacial score (nSPS) is 13.7. The van der Waals surface area contributed by atoms with E-state index >= 15 is 0 Å². The molecule has 0 radical (unpaired) electrons. The number of rotatable bonds is 7. The molecule has 0 saturated heterocycles. The van der Waals surface area contributed by atoms with Crippen molar-refractivity contribution in [2.24, 2.45) is 5.73 Å². The lowest BCUT2D eigenvalue weighted by molar-refractivity contribution is -0.140. The monoisotopic (exact) mass is 306 g/mol. The van der Waals surface area contributed by atoms with E-state index in [4.69, 9.17) is 5.73 Å². The molecule has 21 heavy (non-hydrogen) atoms. The van der Waals surface area contributed by atoms with E-state index in [-0.39, 0.29) is 12.6 Å². The second kappa shape index (κ2) is 7.75. The molecule has 1 aromatic carbocycles. The molecule has 1 aromatic rings. The molecule has 0 aliphatic carbocycles. The van der Waals surface area contributed by atoms with Gasteiger partial charge in [-0.3, -0.25) is 4.90 Å². The number of alkyl halides is 3. The number of hydrogen-bond acceptors (Lipinski definition) is 2. The third-order valence-electron chi connectivity index (χ3n) is 3.55. The zero-order valence-electron chi connectivity index (χ0n) is 12.4. The van der Waals surface area contributed by atoms with Crippen LogP contribution in [0.1, 0.15) is 43.4 Å².